The molecule has 0 bridgehead atoms. The van der Waals surface area contributed by atoms with Gasteiger partial charge in [0.2, 0.25) is 5.88 Å². The monoisotopic (exact) mass is 335 g/mol. The SMILES string of the molecule is CNc1ncnc(Oc2ccc(Br)c(C)c2)c1C(C)C. The molecule has 0 saturated heterocycles. The molecule has 4 nitrogen and oxygen atoms in total. The normalized spacial score (nSPS) is 10.7. The first-order valence-electron chi connectivity index (χ1n) is 6.49. The second-order valence-corrected chi connectivity index (χ2v) is 5.71. The molecule has 20 heavy (non-hydrogen) atoms. The fourth-order valence-corrected chi connectivity index (χ4v) is 2.22. The number of benzene rings is 1. The van der Waals surface area contributed by atoms with Crippen LogP contribution < -0.4 is 10.1 Å². The Kier molecular flexibility index (Phi) is 4.60. The maximum Gasteiger partial charge on any atom is 0.227 e. The number of hydrogen-bond donors (Lipinski definition) is 1. The fraction of sp³-hybridized carbons (Fsp3) is 0.333. The minimum absolute atomic E-state index is 0.269. The van der Waals surface area contributed by atoms with Crippen LogP contribution in [0.2, 0.25) is 0 Å². The first-order chi connectivity index (χ1) is 9.52. The number of nitrogens with zero attached hydrogens (tertiary/aromatic N) is 2. The molecule has 0 aliphatic rings. The van der Waals surface area contributed by atoms with Gasteiger partial charge in [-0.25, -0.2) is 9.97 Å². The molecule has 0 atom stereocenters. The maximum absolute atomic E-state index is 5.94. The number of rotatable bonds is 4. The molecule has 0 amide bonds. The minimum Gasteiger partial charge on any atom is -0.439 e. The predicted molar refractivity (Wildman–Crippen MR) is 84.6 cm³/mol. The highest BCUT2D eigenvalue weighted by Crippen LogP contribution is 2.33. The first kappa shape index (κ1) is 14.8. The van der Waals surface area contributed by atoms with Crippen LogP contribution in [0.3, 0.4) is 0 Å². The average Bonchev–Trinajstić information content (AvgIpc) is 2.42. The zero-order valence-corrected chi connectivity index (χ0v) is 13.7. The Morgan fingerprint density at radius 3 is 2.60 bits per heavy atom. The molecule has 0 fully saturated rings. The number of hydrogen-bond acceptors (Lipinski definition) is 4. The van der Waals surface area contributed by atoms with E-state index in [1.165, 1.54) is 6.33 Å². The second kappa shape index (κ2) is 6.22. The van der Waals surface area contributed by atoms with Gasteiger partial charge in [-0.15, -0.1) is 0 Å². The highest BCUT2D eigenvalue weighted by molar-refractivity contribution is 9.10. The van der Waals surface area contributed by atoms with Gasteiger partial charge in [-0.3, -0.25) is 0 Å². The van der Waals surface area contributed by atoms with Crippen molar-refractivity contribution < 1.29 is 4.74 Å². The van der Waals surface area contributed by atoms with Crippen molar-refractivity contribution in [3.8, 4) is 11.6 Å². The van der Waals surface area contributed by atoms with Crippen LogP contribution in [-0.2, 0) is 0 Å². The summed E-state index contributed by atoms with van der Waals surface area (Å²) in [5, 5.41) is 3.08. The topological polar surface area (TPSA) is 47.0 Å². The summed E-state index contributed by atoms with van der Waals surface area (Å²) in [7, 11) is 1.85. The van der Waals surface area contributed by atoms with Crippen molar-refractivity contribution in [1.29, 1.82) is 0 Å². The lowest BCUT2D eigenvalue weighted by Crippen LogP contribution is -2.04. The first-order valence-corrected chi connectivity index (χ1v) is 7.29. The smallest absolute Gasteiger partial charge is 0.227 e. The summed E-state index contributed by atoms with van der Waals surface area (Å²) in [6.45, 7) is 6.22. The van der Waals surface area contributed by atoms with Crippen molar-refractivity contribution in [2.45, 2.75) is 26.7 Å². The van der Waals surface area contributed by atoms with Crippen molar-refractivity contribution in [2.75, 3.05) is 12.4 Å². The molecule has 0 spiro atoms. The molecule has 0 saturated carbocycles. The van der Waals surface area contributed by atoms with E-state index in [1.807, 2.05) is 32.2 Å². The van der Waals surface area contributed by atoms with Crippen molar-refractivity contribution in [2.24, 2.45) is 0 Å². The zero-order valence-electron chi connectivity index (χ0n) is 12.1. The standard InChI is InChI=1S/C15H18BrN3O/c1-9(2)13-14(17-4)18-8-19-15(13)20-11-5-6-12(16)10(3)7-11/h5-9H,1-4H3,(H,17,18,19). The number of aromatic nitrogens is 2. The third-order valence-electron chi connectivity index (χ3n) is 3.01. The summed E-state index contributed by atoms with van der Waals surface area (Å²) >= 11 is 3.48. The molecule has 5 heteroatoms. The van der Waals surface area contributed by atoms with Crippen LogP contribution in [0.25, 0.3) is 0 Å². The third kappa shape index (κ3) is 3.10. The largest absolute Gasteiger partial charge is 0.439 e. The van der Waals surface area contributed by atoms with Gasteiger partial charge < -0.3 is 10.1 Å². The van der Waals surface area contributed by atoms with E-state index in [1.54, 1.807) is 0 Å². The molecular weight excluding hydrogens is 318 g/mol. The Bertz CT molecular complexity index is 614. The number of anilines is 1. The van der Waals surface area contributed by atoms with E-state index in [0.717, 1.165) is 27.2 Å². The van der Waals surface area contributed by atoms with Gasteiger partial charge in [-0.05, 0) is 36.6 Å². The van der Waals surface area contributed by atoms with Gasteiger partial charge in [0.25, 0.3) is 0 Å². The van der Waals surface area contributed by atoms with Crippen molar-refractivity contribution in [3.05, 3.63) is 40.1 Å². The molecule has 0 aliphatic heterocycles. The molecule has 1 heterocycles. The molecule has 0 unspecified atom stereocenters. The van der Waals surface area contributed by atoms with E-state index in [0.29, 0.717) is 5.88 Å². The van der Waals surface area contributed by atoms with Crippen molar-refractivity contribution in [3.63, 3.8) is 0 Å². The molecule has 2 rings (SSSR count). The molecule has 2 aromatic rings. The van der Waals surface area contributed by atoms with Gasteiger partial charge in [0, 0.05) is 11.5 Å². The molecule has 1 N–H and O–H groups in total. The Morgan fingerprint density at radius 1 is 1.25 bits per heavy atom. The Morgan fingerprint density at radius 2 is 2.00 bits per heavy atom. The fourth-order valence-electron chi connectivity index (χ4n) is 1.97. The number of nitrogens with one attached hydrogen (secondary N) is 1. The van der Waals surface area contributed by atoms with E-state index in [4.69, 9.17) is 4.74 Å². The summed E-state index contributed by atoms with van der Waals surface area (Å²) < 4.78 is 7.00. The van der Waals surface area contributed by atoms with Crippen LogP contribution in [0.5, 0.6) is 11.6 Å². The summed E-state index contributed by atoms with van der Waals surface area (Å²) in [6, 6.07) is 5.87. The van der Waals surface area contributed by atoms with Gasteiger partial charge in [0.15, 0.2) is 0 Å². The maximum atomic E-state index is 5.94. The van der Waals surface area contributed by atoms with Crippen LogP contribution in [-0.4, -0.2) is 17.0 Å². The lowest BCUT2D eigenvalue weighted by molar-refractivity contribution is 0.451. The van der Waals surface area contributed by atoms with Crippen molar-refractivity contribution >= 4 is 21.7 Å². The number of aryl methyl sites for hydroxylation is 1. The minimum atomic E-state index is 0.269. The van der Waals surface area contributed by atoms with Gasteiger partial charge >= 0.3 is 0 Å². The van der Waals surface area contributed by atoms with Crippen LogP contribution >= 0.6 is 15.9 Å². The quantitative estimate of drug-likeness (QED) is 0.893. The van der Waals surface area contributed by atoms with Crippen LogP contribution in [0.15, 0.2) is 29.0 Å². The van der Waals surface area contributed by atoms with E-state index in [2.05, 4.69) is 45.1 Å². The lowest BCUT2D eigenvalue weighted by atomic mass is 10.1. The predicted octanol–water partition coefficient (Wildman–Crippen LogP) is 4.50. The highest BCUT2D eigenvalue weighted by atomic mass is 79.9. The van der Waals surface area contributed by atoms with E-state index >= 15 is 0 Å². The van der Waals surface area contributed by atoms with Crippen LogP contribution in [0.4, 0.5) is 5.82 Å². The number of ether oxygens (including phenoxy) is 1. The van der Waals surface area contributed by atoms with E-state index < -0.39 is 0 Å². The summed E-state index contributed by atoms with van der Waals surface area (Å²) in [5.41, 5.74) is 2.10. The molecule has 1 aromatic carbocycles. The van der Waals surface area contributed by atoms with Gasteiger partial charge in [0.05, 0.1) is 5.56 Å². The molecular formula is C15H18BrN3O. The average molecular weight is 336 g/mol. The molecule has 106 valence electrons. The third-order valence-corrected chi connectivity index (χ3v) is 3.90. The summed E-state index contributed by atoms with van der Waals surface area (Å²) in [6.07, 6.45) is 1.51. The van der Waals surface area contributed by atoms with Gasteiger partial charge in [-0.1, -0.05) is 29.8 Å². The Balaban J connectivity index is 2.40. The van der Waals surface area contributed by atoms with E-state index in [-0.39, 0.29) is 5.92 Å². The molecule has 0 aliphatic carbocycles. The second-order valence-electron chi connectivity index (χ2n) is 4.86. The van der Waals surface area contributed by atoms with Crippen LogP contribution in [0.1, 0.15) is 30.9 Å². The van der Waals surface area contributed by atoms with Gasteiger partial charge in [-0.2, -0.15) is 0 Å². The Labute approximate surface area is 127 Å². The Hall–Kier alpha value is -1.62. The van der Waals surface area contributed by atoms with Crippen LogP contribution in [0, 0.1) is 6.92 Å². The van der Waals surface area contributed by atoms with Crippen molar-refractivity contribution in [1.82, 2.24) is 9.97 Å². The van der Waals surface area contributed by atoms with Gasteiger partial charge in [0.1, 0.15) is 17.9 Å². The number of halogens is 1. The highest BCUT2D eigenvalue weighted by Gasteiger charge is 2.16. The zero-order chi connectivity index (χ0) is 14.7. The lowest BCUT2D eigenvalue weighted by Gasteiger charge is -2.16. The molecule has 0 radical (unpaired) electrons. The summed E-state index contributed by atoms with van der Waals surface area (Å²) in [5.74, 6) is 2.44. The van der Waals surface area contributed by atoms with E-state index in [9.17, 15) is 0 Å². The summed E-state index contributed by atoms with van der Waals surface area (Å²) in [4.78, 5) is 8.51. The molecule has 1 aromatic heterocycles.